The molecule has 0 unspecified atom stereocenters. The Balaban J connectivity index is 2.51. The van der Waals surface area contributed by atoms with Gasteiger partial charge in [-0.25, -0.2) is 9.78 Å². The second-order valence-electron chi connectivity index (χ2n) is 3.22. The van der Waals surface area contributed by atoms with Gasteiger partial charge in [0.25, 0.3) is 0 Å². The number of hydrogen-bond donors (Lipinski definition) is 1. The van der Waals surface area contributed by atoms with Crippen LogP contribution in [0.5, 0.6) is 0 Å². The van der Waals surface area contributed by atoms with E-state index in [1.807, 2.05) is 18.2 Å². The van der Waals surface area contributed by atoms with Gasteiger partial charge in [0.2, 0.25) is 0 Å². The summed E-state index contributed by atoms with van der Waals surface area (Å²) in [6.45, 7) is 0. The molecule has 0 aliphatic carbocycles. The molecule has 0 bridgehead atoms. The van der Waals surface area contributed by atoms with Crippen molar-refractivity contribution >= 4 is 34.5 Å². The van der Waals surface area contributed by atoms with Gasteiger partial charge in [-0.2, -0.15) is 0 Å². The third-order valence-electron chi connectivity index (χ3n) is 2.09. The smallest absolute Gasteiger partial charge is 0.328 e. The standard InChI is InChI=1S/C12H8ClNO2/c13-10-3-1-2-8-4-5-9(14-12(8)10)6-7-11(15)16/h1-7H,(H,15,16)/b7-6+. The van der Waals surface area contributed by atoms with Gasteiger partial charge in [0.05, 0.1) is 16.2 Å². The molecule has 1 aromatic heterocycles. The van der Waals surface area contributed by atoms with Crippen molar-refractivity contribution in [2.45, 2.75) is 0 Å². The number of benzene rings is 1. The number of aliphatic carboxylic acids is 1. The Morgan fingerprint density at radius 3 is 2.88 bits per heavy atom. The normalized spacial score (nSPS) is 11.1. The van der Waals surface area contributed by atoms with Gasteiger partial charge < -0.3 is 5.11 Å². The van der Waals surface area contributed by atoms with E-state index in [-0.39, 0.29) is 0 Å². The molecule has 2 aromatic rings. The van der Waals surface area contributed by atoms with Gasteiger partial charge in [-0.15, -0.1) is 0 Å². The van der Waals surface area contributed by atoms with Crippen LogP contribution in [-0.4, -0.2) is 16.1 Å². The second kappa shape index (κ2) is 4.33. The Labute approximate surface area is 97.0 Å². The maximum absolute atomic E-state index is 10.4. The number of rotatable bonds is 2. The molecule has 0 saturated heterocycles. The number of halogens is 1. The third kappa shape index (κ3) is 2.20. The fourth-order valence-corrected chi connectivity index (χ4v) is 1.60. The molecule has 2 rings (SSSR count). The van der Waals surface area contributed by atoms with Crippen LogP contribution in [0, 0.1) is 0 Å². The van der Waals surface area contributed by atoms with E-state index >= 15 is 0 Å². The summed E-state index contributed by atoms with van der Waals surface area (Å²) >= 11 is 5.99. The number of para-hydroxylation sites is 1. The summed E-state index contributed by atoms with van der Waals surface area (Å²) in [5.41, 5.74) is 1.25. The number of carbonyl (C=O) groups is 1. The van der Waals surface area contributed by atoms with E-state index in [1.165, 1.54) is 6.08 Å². The summed E-state index contributed by atoms with van der Waals surface area (Å²) < 4.78 is 0. The Morgan fingerprint density at radius 1 is 1.31 bits per heavy atom. The number of aromatic nitrogens is 1. The summed E-state index contributed by atoms with van der Waals surface area (Å²) in [7, 11) is 0. The van der Waals surface area contributed by atoms with Gasteiger partial charge in [0.15, 0.2) is 0 Å². The molecule has 0 aliphatic rings. The van der Waals surface area contributed by atoms with Crippen LogP contribution in [0.1, 0.15) is 5.69 Å². The molecule has 0 amide bonds. The molecule has 1 aromatic carbocycles. The fourth-order valence-electron chi connectivity index (χ4n) is 1.38. The lowest BCUT2D eigenvalue weighted by atomic mass is 10.2. The van der Waals surface area contributed by atoms with Crippen molar-refractivity contribution in [2.75, 3.05) is 0 Å². The second-order valence-corrected chi connectivity index (χ2v) is 3.63. The van der Waals surface area contributed by atoms with Crippen LogP contribution >= 0.6 is 11.6 Å². The monoisotopic (exact) mass is 233 g/mol. The molecule has 0 aliphatic heterocycles. The van der Waals surface area contributed by atoms with E-state index in [0.717, 1.165) is 11.5 Å². The minimum atomic E-state index is -0.999. The van der Waals surface area contributed by atoms with E-state index in [2.05, 4.69) is 4.98 Å². The highest BCUT2D eigenvalue weighted by Crippen LogP contribution is 2.21. The number of carboxylic acid groups (broad SMARTS) is 1. The van der Waals surface area contributed by atoms with Gasteiger partial charge in [0, 0.05) is 11.5 Å². The maximum atomic E-state index is 10.4. The van der Waals surface area contributed by atoms with Crippen LogP contribution in [0.15, 0.2) is 36.4 Å². The first kappa shape index (κ1) is 10.6. The third-order valence-corrected chi connectivity index (χ3v) is 2.39. The Bertz CT molecular complexity index is 578. The predicted octanol–water partition coefficient (Wildman–Crippen LogP) is 2.99. The summed E-state index contributed by atoms with van der Waals surface area (Å²) in [6.07, 6.45) is 2.48. The number of hydrogen-bond acceptors (Lipinski definition) is 2. The van der Waals surface area contributed by atoms with Crippen molar-refractivity contribution in [2.24, 2.45) is 0 Å². The lowest BCUT2D eigenvalue weighted by Gasteiger charge is -2.00. The molecular weight excluding hydrogens is 226 g/mol. The van der Waals surface area contributed by atoms with Gasteiger partial charge >= 0.3 is 5.97 Å². The quantitative estimate of drug-likeness (QED) is 0.812. The summed E-state index contributed by atoms with van der Waals surface area (Å²) in [4.78, 5) is 14.6. The van der Waals surface area contributed by atoms with E-state index in [1.54, 1.807) is 12.1 Å². The van der Waals surface area contributed by atoms with Crippen LogP contribution in [0.2, 0.25) is 5.02 Å². The number of pyridine rings is 1. The lowest BCUT2D eigenvalue weighted by Crippen LogP contribution is -1.88. The Morgan fingerprint density at radius 2 is 2.12 bits per heavy atom. The Hall–Kier alpha value is -1.87. The average molecular weight is 234 g/mol. The molecule has 80 valence electrons. The van der Waals surface area contributed by atoms with E-state index in [0.29, 0.717) is 16.2 Å². The van der Waals surface area contributed by atoms with E-state index < -0.39 is 5.97 Å². The molecule has 0 spiro atoms. The molecular formula is C12H8ClNO2. The largest absolute Gasteiger partial charge is 0.478 e. The van der Waals surface area contributed by atoms with Gasteiger partial charge in [0.1, 0.15) is 0 Å². The van der Waals surface area contributed by atoms with Crippen molar-refractivity contribution in [1.29, 1.82) is 0 Å². The molecule has 0 fully saturated rings. The SMILES string of the molecule is O=C(O)/C=C/c1ccc2cccc(Cl)c2n1. The molecule has 0 saturated carbocycles. The molecule has 0 radical (unpaired) electrons. The minimum absolute atomic E-state index is 0.558. The van der Waals surface area contributed by atoms with Crippen molar-refractivity contribution < 1.29 is 9.90 Å². The summed E-state index contributed by atoms with van der Waals surface area (Å²) in [5.74, 6) is -0.999. The minimum Gasteiger partial charge on any atom is -0.478 e. The zero-order chi connectivity index (χ0) is 11.5. The van der Waals surface area contributed by atoms with E-state index in [4.69, 9.17) is 16.7 Å². The lowest BCUT2D eigenvalue weighted by molar-refractivity contribution is -0.131. The topological polar surface area (TPSA) is 50.2 Å². The van der Waals surface area contributed by atoms with Crippen LogP contribution in [0.3, 0.4) is 0 Å². The first-order valence-corrected chi connectivity index (χ1v) is 5.01. The van der Waals surface area contributed by atoms with E-state index in [9.17, 15) is 4.79 Å². The molecule has 4 heteroatoms. The zero-order valence-corrected chi connectivity index (χ0v) is 8.98. The van der Waals surface area contributed by atoms with Gasteiger partial charge in [-0.05, 0) is 18.2 Å². The number of carboxylic acids is 1. The molecule has 0 atom stereocenters. The highest BCUT2D eigenvalue weighted by molar-refractivity contribution is 6.35. The van der Waals surface area contributed by atoms with Crippen LogP contribution in [-0.2, 0) is 4.79 Å². The molecule has 1 heterocycles. The highest BCUT2D eigenvalue weighted by atomic mass is 35.5. The van der Waals surface area contributed by atoms with Crippen molar-refractivity contribution in [3.05, 3.63) is 47.1 Å². The number of fused-ring (bicyclic) bond motifs is 1. The Kier molecular flexibility index (Phi) is 2.88. The van der Waals surface area contributed by atoms with Gasteiger partial charge in [-0.1, -0.05) is 29.8 Å². The average Bonchev–Trinajstić information content (AvgIpc) is 2.27. The molecule has 1 N–H and O–H groups in total. The van der Waals surface area contributed by atoms with Crippen LogP contribution in [0.4, 0.5) is 0 Å². The first-order chi connectivity index (χ1) is 7.66. The number of nitrogens with zero attached hydrogens (tertiary/aromatic N) is 1. The van der Waals surface area contributed by atoms with Crippen molar-refractivity contribution in [3.8, 4) is 0 Å². The predicted molar refractivity (Wildman–Crippen MR) is 63.4 cm³/mol. The maximum Gasteiger partial charge on any atom is 0.328 e. The van der Waals surface area contributed by atoms with Crippen molar-refractivity contribution in [1.82, 2.24) is 4.98 Å². The molecule has 3 nitrogen and oxygen atoms in total. The van der Waals surface area contributed by atoms with Crippen LogP contribution in [0.25, 0.3) is 17.0 Å². The molecule has 16 heavy (non-hydrogen) atoms. The fraction of sp³-hybridized carbons (Fsp3) is 0. The van der Waals surface area contributed by atoms with Crippen LogP contribution < -0.4 is 0 Å². The first-order valence-electron chi connectivity index (χ1n) is 4.63. The summed E-state index contributed by atoms with van der Waals surface area (Å²) in [5, 5.41) is 9.99. The summed E-state index contributed by atoms with van der Waals surface area (Å²) in [6, 6.07) is 9.10. The van der Waals surface area contributed by atoms with Gasteiger partial charge in [-0.3, -0.25) is 0 Å². The highest BCUT2D eigenvalue weighted by Gasteiger charge is 2.00. The zero-order valence-electron chi connectivity index (χ0n) is 8.22. The van der Waals surface area contributed by atoms with Crippen molar-refractivity contribution in [3.63, 3.8) is 0 Å².